The van der Waals surface area contributed by atoms with Crippen molar-refractivity contribution in [1.82, 2.24) is 9.73 Å². The maximum atomic E-state index is 12.3. The van der Waals surface area contributed by atoms with E-state index in [-0.39, 0.29) is 10.5 Å². The van der Waals surface area contributed by atoms with Gasteiger partial charge in [0.2, 0.25) is 0 Å². The number of hydrogen-bond acceptors (Lipinski definition) is 6. The Balaban J connectivity index is 1.66. The molecule has 0 atom stereocenters. The second kappa shape index (κ2) is 8.07. The van der Waals surface area contributed by atoms with Gasteiger partial charge in [-0.25, -0.2) is 13.1 Å². The van der Waals surface area contributed by atoms with Gasteiger partial charge in [0.15, 0.2) is 0 Å². The molecule has 2 aromatic rings. The van der Waals surface area contributed by atoms with Gasteiger partial charge in [-0.2, -0.15) is 0 Å². The predicted octanol–water partition coefficient (Wildman–Crippen LogP) is 2.14. The quantitative estimate of drug-likeness (QED) is 0.808. The lowest BCUT2D eigenvalue weighted by Crippen LogP contribution is -2.31. The molecule has 0 unspecified atom stereocenters. The molecule has 1 saturated heterocycles. The highest BCUT2D eigenvalue weighted by molar-refractivity contribution is 7.90. The Hall–Kier alpha value is -2.78. The lowest BCUT2D eigenvalue weighted by molar-refractivity contribution is 0.0353. The molecule has 1 amide bonds. The van der Waals surface area contributed by atoms with Crippen molar-refractivity contribution >= 4 is 21.6 Å². The van der Waals surface area contributed by atoms with Crippen LogP contribution in [0.15, 0.2) is 69.8 Å². The number of carbonyl (C=O) groups excluding carboxylic acids is 1. The largest absolute Gasteiger partial charge is 0.378 e. The Labute approximate surface area is 151 Å². The molecule has 0 bridgehead atoms. The van der Waals surface area contributed by atoms with E-state index in [2.05, 4.69) is 10.3 Å². The normalized spacial score (nSPS) is 15.2. The lowest BCUT2D eigenvalue weighted by Gasteiger charge is -2.22. The number of sulfonamides is 1. The van der Waals surface area contributed by atoms with Crippen LogP contribution in [0.1, 0.15) is 10.4 Å². The topological polar surface area (TPSA) is 100 Å². The second-order valence-electron chi connectivity index (χ2n) is 5.55. The highest BCUT2D eigenvalue weighted by Crippen LogP contribution is 2.18. The van der Waals surface area contributed by atoms with Crippen molar-refractivity contribution in [3.8, 4) is 0 Å². The first-order chi connectivity index (χ1) is 12.5. The Morgan fingerprint density at radius 3 is 2.31 bits per heavy atom. The van der Waals surface area contributed by atoms with Crippen LogP contribution in [0.25, 0.3) is 0 Å². The Bertz CT molecular complexity index is 877. The molecule has 1 fully saturated rings. The zero-order valence-electron chi connectivity index (χ0n) is 13.9. The van der Waals surface area contributed by atoms with E-state index in [9.17, 15) is 13.2 Å². The van der Waals surface area contributed by atoms with E-state index in [0.717, 1.165) is 0 Å². The summed E-state index contributed by atoms with van der Waals surface area (Å²) < 4.78 is 31.9. The summed E-state index contributed by atoms with van der Waals surface area (Å²) in [6.07, 6.45) is 0. The van der Waals surface area contributed by atoms with Gasteiger partial charge in [0.25, 0.3) is 15.9 Å². The number of carbonyl (C=O) groups is 1. The molecule has 3 rings (SSSR count). The molecule has 136 valence electrons. The van der Waals surface area contributed by atoms with Crippen LogP contribution in [0, 0.1) is 0 Å². The molecule has 26 heavy (non-hydrogen) atoms. The number of nitrogens with one attached hydrogen (secondary N) is 1. The molecule has 0 aliphatic carbocycles. The van der Waals surface area contributed by atoms with Gasteiger partial charge in [0.05, 0.1) is 36.9 Å². The fourth-order valence-electron chi connectivity index (χ4n) is 2.28. The number of hydrogen-bond donors (Lipinski definition) is 1. The average Bonchev–Trinajstić information content (AvgIpc) is 2.68. The van der Waals surface area contributed by atoms with Crippen LogP contribution in [-0.4, -0.2) is 45.6 Å². The summed E-state index contributed by atoms with van der Waals surface area (Å²) in [6.45, 7) is 2.55. The van der Waals surface area contributed by atoms with Crippen LogP contribution in [0.4, 0.5) is 5.69 Å². The number of ether oxygens (including phenoxy) is 1. The van der Waals surface area contributed by atoms with Gasteiger partial charge in [0.1, 0.15) is 0 Å². The average molecular weight is 374 g/mol. The number of benzene rings is 2. The van der Waals surface area contributed by atoms with E-state index in [0.29, 0.717) is 32.0 Å². The van der Waals surface area contributed by atoms with Crippen molar-refractivity contribution in [2.75, 3.05) is 26.3 Å². The van der Waals surface area contributed by atoms with Crippen molar-refractivity contribution in [3.05, 3.63) is 60.2 Å². The van der Waals surface area contributed by atoms with Crippen LogP contribution in [0.2, 0.25) is 0 Å². The van der Waals surface area contributed by atoms with Crippen LogP contribution in [0.5, 0.6) is 0 Å². The summed E-state index contributed by atoms with van der Waals surface area (Å²) in [5.74, 6) is -0.679. The van der Waals surface area contributed by atoms with Crippen molar-refractivity contribution in [2.45, 2.75) is 4.90 Å². The number of rotatable bonds is 5. The van der Waals surface area contributed by atoms with Gasteiger partial charge in [-0.3, -0.25) is 9.80 Å². The number of morpholine rings is 1. The predicted molar refractivity (Wildman–Crippen MR) is 94.4 cm³/mol. The Morgan fingerprint density at radius 2 is 1.65 bits per heavy atom. The summed E-state index contributed by atoms with van der Waals surface area (Å²) in [4.78, 5) is 12.0. The van der Waals surface area contributed by atoms with E-state index in [4.69, 9.17) is 4.74 Å². The molecule has 0 saturated carbocycles. The number of amides is 1. The summed E-state index contributed by atoms with van der Waals surface area (Å²) in [5, 5.41) is 9.95. The van der Waals surface area contributed by atoms with Crippen molar-refractivity contribution in [2.24, 2.45) is 10.3 Å². The second-order valence-corrected chi connectivity index (χ2v) is 7.23. The summed E-state index contributed by atoms with van der Waals surface area (Å²) in [6, 6.07) is 14.0. The SMILES string of the molecule is O=C(NS(=O)(=O)c1ccc(N=NN2CCOCC2)cc1)c1ccccc1. The van der Waals surface area contributed by atoms with E-state index < -0.39 is 15.9 Å². The van der Waals surface area contributed by atoms with E-state index in [1.807, 2.05) is 4.72 Å². The van der Waals surface area contributed by atoms with E-state index in [1.165, 1.54) is 24.3 Å². The summed E-state index contributed by atoms with van der Waals surface area (Å²) in [5.41, 5.74) is 0.789. The lowest BCUT2D eigenvalue weighted by atomic mass is 10.2. The van der Waals surface area contributed by atoms with Gasteiger partial charge < -0.3 is 4.74 Å². The molecular formula is C17H18N4O4S. The minimum atomic E-state index is -3.96. The van der Waals surface area contributed by atoms with Gasteiger partial charge >= 0.3 is 0 Å². The Morgan fingerprint density at radius 1 is 1.00 bits per heavy atom. The molecule has 1 aliphatic heterocycles. The fourth-order valence-corrected chi connectivity index (χ4v) is 3.25. The van der Waals surface area contributed by atoms with Crippen molar-refractivity contribution in [3.63, 3.8) is 0 Å². The van der Waals surface area contributed by atoms with Gasteiger partial charge in [-0.05, 0) is 36.4 Å². The third kappa shape index (κ3) is 4.64. The third-order valence-corrected chi connectivity index (χ3v) is 5.03. The van der Waals surface area contributed by atoms with Crippen LogP contribution < -0.4 is 4.72 Å². The highest BCUT2D eigenvalue weighted by atomic mass is 32.2. The molecule has 1 heterocycles. The standard InChI is InChI=1S/C17H18N4O4S/c22-17(14-4-2-1-3-5-14)19-26(23,24)16-8-6-15(7-9-16)18-20-21-10-12-25-13-11-21/h1-9H,10-13H2,(H,19,22). The molecular weight excluding hydrogens is 356 g/mol. The first kappa shape index (κ1) is 18.0. The van der Waals surface area contributed by atoms with Gasteiger partial charge in [0, 0.05) is 5.56 Å². The van der Waals surface area contributed by atoms with Crippen molar-refractivity contribution < 1.29 is 17.9 Å². The zero-order chi connectivity index (χ0) is 18.4. The van der Waals surface area contributed by atoms with Crippen LogP contribution in [-0.2, 0) is 14.8 Å². The molecule has 9 heteroatoms. The first-order valence-corrected chi connectivity index (χ1v) is 9.49. The molecule has 0 spiro atoms. The summed E-state index contributed by atoms with van der Waals surface area (Å²) >= 11 is 0. The molecule has 8 nitrogen and oxygen atoms in total. The van der Waals surface area contributed by atoms with Gasteiger partial charge in [-0.15, -0.1) is 5.11 Å². The van der Waals surface area contributed by atoms with E-state index >= 15 is 0 Å². The third-order valence-electron chi connectivity index (χ3n) is 3.68. The summed E-state index contributed by atoms with van der Waals surface area (Å²) in [7, 11) is -3.96. The Kier molecular flexibility index (Phi) is 5.59. The molecule has 0 radical (unpaired) electrons. The van der Waals surface area contributed by atoms with Crippen molar-refractivity contribution in [1.29, 1.82) is 0 Å². The molecule has 1 N–H and O–H groups in total. The van der Waals surface area contributed by atoms with E-state index in [1.54, 1.807) is 35.3 Å². The zero-order valence-corrected chi connectivity index (χ0v) is 14.7. The molecule has 1 aliphatic rings. The molecule has 2 aromatic carbocycles. The monoisotopic (exact) mass is 374 g/mol. The highest BCUT2D eigenvalue weighted by Gasteiger charge is 2.18. The maximum absolute atomic E-state index is 12.3. The maximum Gasteiger partial charge on any atom is 0.264 e. The fraction of sp³-hybridized carbons (Fsp3) is 0.235. The molecule has 0 aromatic heterocycles. The van der Waals surface area contributed by atoms with Crippen LogP contribution in [0.3, 0.4) is 0 Å². The first-order valence-electron chi connectivity index (χ1n) is 8.01. The van der Waals surface area contributed by atoms with Crippen LogP contribution >= 0.6 is 0 Å². The number of nitrogens with zero attached hydrogens (tertiary/aromatic N) is 3. The minimum Gasteiger partial charge on any atom is -0.378 e. The smallest absolute Gasteiger partial charge is 0.264 e. The minimum absolute atomic E-state index is 0.0212. The van der Waals surface area contributed by atoms with Gasteiger partial charge in [-0.1, -0.05) is 23.4 Å².